The molecule has 356 valence electrons. The Hall–Kier alpha value is -6.73. The lowest BCUT2D eigenvalue weighted by atomic mass is 9.45. The van der Waals surface area contributed by atoms with Crippen LogP contribution in [-0.4, -0.2) is 124 Å². The molecule has 1 N–H and O–H groups in total. The smallest absolute Gasteiger partial charge is 0.340 e. The van der Waals surface area contributed by atoms with Crippen molar-refractivity contribution in [1.82, 2.24) is 4.98 Å². The molecule has 67 heavy (non-hydrogen) atoms. The minimum Gasteiger partial charge on any atom is -0.465 e. The number of carbonyl (C=O) groups is 8. The van der Waals surface area contributed by atoms with Crippen LogP contribution in [0.25, 0.3) is 0 Å². The van der Waals surface area contributed by atoms with E-state index in [1.54, 1.807) is 19.1 Å². The zero-order chi connectivity index (χ0) is 48.8. The molecular formula is C48H51NO18. The van der Waals surface area contributed by atoms with Crippen molar-refractivity contribution in [3.8, 4) is 0 Å². The predicted molar refractivity (Wildman–Crippen MR) is 225 cm³/mol. The van der Waals surface area contributed by atoms with Crippen LogP contribution in [0.5, 0.6) is 0 Å². The van der Waals surface area contributed by atoms with Crippen molar-refractivity contribution in [3.63, 3.8) is 0 Å². The van der Waals surface area contributed by atoms with Crippen LogP contribution in [-0.2, 0) is 66.6 Å². The molecule has 7 rings (SSSR count). The Morgan fingerprint density at radius 1 is 0.687 bits per heavy atom. The van der Waals surface area contributed by atoms with Gasteiger partial charge >= 0.3 is 47.8 Å². The minimum absolute atomic E-state index is 0.0562. The van der Waals surface area contributed by atoms with Crippen LogP contribution in [0.4, 0.5) is 0 Å². The third-order valence-electron chi connectivity index (χ3n) is 13.3. The Balaban J connectivity index is 1.65. The molecule has 3 aromatic rings. The van der Waals surface area contributed by atoms with Crippen molar-refractivity contribution in [1.29, 1.82) is 0 Å². The molecule has 13 unspecified atom stereocenters. The number of aliphatic hydroxyl groups is 1. The second kappa shape index (κ2) is 18.2. The van der Waals surface area contributed by atoms with Gasteiger partial charge in [-0.05, 0) is 50.2 Å². The Morgan fingerprint density at radius 2 is 1.22 bits per heavy atom. The fourth-order valence-corrected chi connectivity index (χ4v) is 10.4. The largest absolute Gasteiger partial charge is 0.465 e. The number of fused-ring (bicyclic) bond motifs is 5. The summed E-state index contributed by atoms with van der Waals surface area (Å²) in [6.45, 7) is 7.68. The van der Waals surface area contributed by atoms with Gasteiger partial charge in [0.1, 0.15) is 42.0 Å². The Bertz CT molecular complexity index is 2460. The topological polar surface area (TPSA) is 253 Å². The van der Waals surface area contributed by atoms with Gasteiger partial charge in [0.15, 0.2) is 30.0 Å². The zero-order valence-electron chi connectivity index (χ0n) is 38.0. The molecule has 1 spiro atoms. The highest BCUT2D eigenvalue weighted by atomic mass is 16.7. The first kappa shape index (κ1) is 48.2. The molecule has 0 radical (unpaired) electrons. The number of nitrogens with zero attached hydrogens (tertiary/aromatic N) is 1. The van der Waals surface area contributed by atoms with Crippen molar-refractivity contribution >= 4 is 47.8 Å². The maximum absolute atomic E-state index is 14.7. The molecule has 3 heterocycles. The highest BCUT2D eigenvalue weighted by molar-refractivity contribution is 5.92. The van der Waals surface area contributed by atoms with Gasteiger partial charge in [0.05, 0.1) is 34.2 Å². The predicted octanol–water partition coefficient (Wildman–Crippen LogP) is 3.62. The van der Waals surface area contributed by atoms with Gasteiger partial charge in [0.25, 0.3) is 0 Å². The van der Waals surface area contributed by atoms with Gasteiger partial charge in [0.2, 0.25) is 0 Å². The Labute approximate surface area is 384 Å². The molecule has 13 atom stereocenters. The summed E-state index contributed by atoms with van der Waals surface area (Å²) in [6, 6.07) is 17.8. The number of hydrogen-bond acceptors (Lipinski definition) is 19. The Morgan fingerprint density at radius 3 is 1.76 bits per heavy atom. The van der Waals surface area contributed by atoms with E-state index in [0.29, 0.717) is 0 Å². The van der Waals surface area contributed by atoms with E-state index in [9.17, 15) is 43.5 Å². The quantitative estimate of drug-likeness (QED) is 0.238. The van der Waals surface area contributed by atoms with Crippen LogP contribution >= 0.6 is 0 Å². The van der Waals surface area contributed by atoms with Gasteiger partial charge in [-0.25, -0.2) is 14.4 Å². The van der Waals surface area contributed by atoms with Gasteiger partial charge in [0, 0.05) is 39.8 Å². The van der Waals surface area contributed by atoms with Crippen molar-refractivity contribution in [2.45, 2.75) is 115 Å². The second-order valence-electron chi connectivity index (χ2n) is 17.7. The standard InChI is InChI=1S/C48H51NO18/c1-24-25(2)41(54)64-38-36(62-28(5)52)40(66-43(56)31-18-13-10-14-19-31)47(23-59-26(3)50)39(65-42(55)30-16-11-9-12-17-30)35(61-27(4)51)33-37(63-29(6)53)48(47,46(38,8)58)67-45(33,7)22-60-44(57)32-20-15-21-49-34(24)32/h9-21,24-25,33,35-40,58H,22-23H2,1-8H3. The molecule has 2 aliphatic heterocycles. The van der Waals surface area contributed by atoms with Crippen LogP contribution in [0.2, 0.25) is 0 Å². The van der Waals surface area contributed by atoms with E-state index in [1.165, 1.54) is 80.7 Å². The summed E-state index contributed by atoms with van der Waals surface area (Å²) in [7, 11) is 0. The summed E-state index contributed by atoms with van der Waals surface area (Å²) < 4.78 is 56.6. The SMILES string of the molecule is CC(=O)OCC12C(OC(=O)c3ccccc3)C(OC(C)=O)C3C(OC(C)=O)C14OC3(C)COC(=O)c1cccnc1C(C)C(C)C(=O)OC(C(OC(C)=O)C2OC(=O)c1ccccc1)C4(C)O. The number of aromatic nitrogens is 1. The summed E-state index contributed by atoms with van der Waals surface area (Å²) in [5, 5.41) is 13.8. The van der Waals surface area contributed by atoms with Gasteiger partial charge in [-0.3, -0.25) is 29.0 Å². The molecule has 3 fully saturated rings. The first-order valence-electron chi connectivity index (χ1n) is 21.5. The van der Waals surface area contributed by atoms with Crippen molar-refractivity contribution in [2.75, 3.05) is 13.2 Å². The molecule has 2 aliphatic carbocycles. The van der Waals surface area contributed by atoms with E-state index < -0.39 is 138 Å². The van der Waals surface area contributed by atoms with Crippen LogP contribution in [0, 0.1) is 17.3 Å². The van der Waals surface area contributed by atoms with E-state index in [0.717, 1.165) is 34.6 Å². The van der Waals surface area contributed by atoms with Gasteiger partial charge in [-0.15, -0.1) is 0 Å². The molecular weight excluding hydrogens is 879 g/mol. The number of hydrogen-bond donors (Lipinski definition) is 1. The lowest BCUT2D eigenvalue weighted by molar-refractivity contribution is -0.385. The highest BCUT2D eigenvalue weighted by Gasteiger charge is 2.92. The van der Waals surface area contributed by atoms with Crippen molar-refractivity contribution in [2.24, 2.45) is 17.3 Å². The van der Waals surface area contributed by atoms with Gasteiger partial charge in [-0.1, -0.05) is 50.2 Å². The first-order chi connectivity index (χ1) is 31.6. The number of cyclic esters (lactones) is 1. The molecule has 4 bridgehead atoms. The maximum atomic E-state index is 14.7. The molecule has 2 saturated carbocycles. The lowest BCUT2D eigenvalue weighted by Crippen LogP contribution is -2.89. The summed E-state index contributed by atoms with van der Waals surface area (Å²) in [4.78, 5) is 116. The van der Waals surface area contributed by atoms with Crippen molar-refractivity contribution in [3.05, 3.63) is 101 Å². The summed E-state index contributed by atoms with van der Waals surface area (Å²) >= 11 is 0. The Kier molecular flexibility index (Phi) is 13.1. The van der Waals surface area contributed by atoms with Crippen LogP contribution in [0.1, 0.15) is 98.1 Å². The van der Waals surface area contributed by atoms with Crippen molar-refractivity contribution < 1.29 is 86.1 Å². The number of pyridine rings is 1. The maximum Gasteiger partial charge on any atom is 0.340 e. The fourth-order valence-electron chi connectivity index (χ4n) is 10.4. The molecule has 19 heteroatoms. The van der Waals surface area contributed by atoms with Gasteiger partial charge in [-0.2, -0.15) is 0 Å². The summed E-state index contributed by atoms with van der Waals surface area (Å²) in [5.41, 5.74) is -10.7. The van der Waals surface area contributed by atoms with Crippen LogP contribution < -0.4 is 0 Å². The molecule has 19 nitrogen and oxygen atoms in total. The number of esters is 8. The van der Waals surface area contributed by atoms with Gasteiger partial charge < -0.3 is 47.7 Å². The second-order valence-corrected chi connectivity index (χ2v) is 17.7. The zero-order valence-corrected chi connectivity index (χ0v) is 38.0. The normalized spacial score (nSPS) is 34.1. The third kappa shape index (κ3) is 8.17. The molecule has 2 aromatic carbocycles. The van der Waals surface area contributed by atoms with E-state index in [-0.39, 0.29) is 22.4 Å². The van der Waals surface area contributed by atoms with E-state index in [1.807, 2.05) is 0 Å². The fraction of sp³-hybridized carbons (Fsp3) is 0.479. The van der Waals surface area contributed by atoms with E-state index in [4.69, 9.17) is 42.6 Å². The number of benzene rings is 2. The molecule has 1 saturated heterocycles. The van der Waals surface area contributed by atoms with E-state index >= 15 is 0 Å². The average Bonchev–Trinajstić information content (AvgIpc) is 3.50. The van der Waals surface area contributed by atoms with Crippen LogP contribution in [0.3, 0.4) is 0 Å². The minimum atomic E-state index is -2.90. The number of ether oxygens (including phenoxy) is 9. The number of rotatable bonds is 9. The third-order valence-corrected chi connectivity index (χ3v) is 13.3. The monoisotopic (exact) mass is 929 g/mol. The molecule has 4 aliphatic rings. The first-order valence-corrected chi connectivity index (χ1v) is 21.5. The molecule has 0 amide bonds. The average molecular weight is 930 g/mol. The summed E-state index contributed by atoms with van der Waals surface area (Å²) in [6.07, 6.45) is -11.1. The van der Waals surface area contributed by atoms with E-state index in [2.05, 4.69) is 4.98 Å². The highest BCUT2D eigenvalue weighted by Crippen LogP contribution is 2.70. The lowest BCUT2D eigenvalue weighted by Gasteiger charge is -2.67. The number of carbonyl (C=O) groups excluding carboxylic acids is 8. The summed E-state index contributed by atoms with van der Waals surface area (Å²) in [5.74, 6) is -12.1. The molecule has 1 aromatic heterocycles. The van der Waals surface area contributed by atoms with Crippen LogP contribution in [0.15, 0.2) is 79.0 Å².